The van der Waals surface area contributed by atoms with Crippen LogP contribution >= 0.6 is 15.9 Å². The van der Waals surface area contributed by atoms with Crippen molar-refractivity contribution < 1.29 is 4.98 Å². The van der Waals surface area contributed by atoms with E-state index in [9.17, 15) is 0 Å². The number of aromatic amines is 1. The maximum Gasteiger partial charge on any atom is 0.167 e. The molecule has 0 spiro atoms. The Kier molecular flexibility index (Phi) is 26.3. The summed E-state index contributed by atoms with van der Waals surface area (Å²) >= 11 is 3.50. The number of H-pyrrole nitrogens is 1. The third-order valence-corrected chi connectivity index (χ3v) is 6.43. The van der Waals surface area contributed by atoms with Gasteiger partial charge in [-0.3, -0.25) is 0 Å². The van der Waals surface area contributed by atoms with Crippen LogP contribution in [-0.4, -0.2) is 5.33 Å². The zero-order valence-electron chi connectivity index (χ0n) is 20.5. The summed E-state index contributed by atoms with van der Waals surface area (Å²) in [6, 6.07) is 4.06. The van der Waals surface area contributed by atoms with E-state index in [-0.39, 0.29) is 0 Å². The number of unbranched alkanes of at least 4 members (excludes halogenated alkanes) is 19. The highest BCUT2D eigenvalue weighted by Gasteiger charge is 1.95. The van der Waals surface area contributed by atoms with Crippen LogP contribution < -0.4 is 4.98 Å². The number of rotatable bonds is 20. The van der Waals surface area contributed by atoms with Crippen LogP contribution in [0.2, 0.25) is 0 Å². The van der Waals surface area contributed by atoms with Gasteiger partial charge < -0.3 is 0 Å². The molecule has 1 nitrogen and oxygen atoms in total. The molecule has 0 fully saturated rings. The molecular weight excluding hydrogens is 430 g/mol. The van der Waals surface area contributed by atoms with Gasteiger partial charge in [-0.05, 0) is 18.9 Å². The number of hydrogen-bond donors (Lipinski definition) is 0. The number of alkyl halides is 1. The van der Waals surface area contributed by atoms with Gasteiger partial charge in [0, 0.05) is 17.5 Å². The Hall–Kier alpha value is -0.370. The molecule has 0 aromatic carbocycles. The number of aryl methyl sites for hydroxylation is 1. The first-order chi connectivity index (χ1) is 14.8. The number of halogens is 1. The summed E-state index contributed by atoms with van der Waals surface area (Å²) < 4.78 is 0. The van der Waals surface area contributed by atoms with Crippen molar-refractivity contribution in [2.24, 2.45) is 0 Å². The Balaban J connectivity index is 0.000001000. The lowest BCUT2D eigenvalue weighted by Gasteiger charge is -2.03. The van der Waals surface area contributed by atoms with Gasteiger partial charge in [0.1, 0.15) is 0 Å². The molecule has 0 aliphatic carbocycles. The summed E-state index contributed by atoms with van der Waals surface area (Å²) in [5.74, 6) is 0. The Morgan fingerprint density at radius 2 is 0.833 bits per heavy atom. The average Bonchev–Trinajstić information content (AvgIpc) is 2.76. The molecule has 0 saturated heterocycles. The van der Waals surface area contributed by atoms with Gasteiger partial charge >= 0.3 is 0 Å². The second kappa shape index (κ2) is 26.7. The van der Waals surface area contributed by atoms with Crippen LogP contribution in [-0.2, 0) is 0 Å². The molecule has 0 radical (unpaired) electrons. The monoisotopic (exact) mass is 482 g/mol. The van der Waals surface area contributed by atoms with Crippen molar-refractivity contribution in [3.05, 3.63) is 30.1 Å². The van der Waals surface area contributed by atoms with Crippen LogP contribution in [0.1, 0.15) is 141 Å². The van der Waals surface area contributed by atoms with Crippen LogP contribution in [0.3, 0.4) is 0 Å². The maximum atomic E-state index is 3.50. The minimum atomic E-state index is 1.19. The summed E-state index contributed by atoms with van der Waals surface area (Å²) in [7, 11) is 0. The van der Waals surface area contributed by atoms with Crippen molar-refractivity contribution in [2.75, 3.05) is 5.33 Å². The van der Waals surface area contributed by atoms with Crippen molar-refractivity contribution in [3.8, 4) is 0 Å². The minimum absolute atomic E-state index is 1.19. The zero-order valence-corrected chi connectivity index (χ0v) is 22.1. The van der Waals surface area contributed by atoms with Crippen LogP contribution in [0.5, 0.6) is 0 Å². The normalized spacial score (nSPS) is 10.6. The number of hydrogen-bond acceptors (Lipinski definition) is 0. The third-order valence-electron chi connectivity index (χ3n) is 5.87. The predicted octanol–water partition coefficient (Wildman–Crippen LogP) is 10.0. The molecule has 0 aliphatic heterocycles. The fraction of sp³-hybridized carbons (Fsp3) is 0.821. The molecule has 176 valence electrons. The lowest BCUT2D eigenvalue weighted by Crippen LogP contribution is -1.95. The van der Waals surface area contributed by atoms with Gasteiger partial charge in [0.2, 0.25) is 0 Å². The first-order valence-electron chi connectivity index (χ1n) is 13.3. The topological polar surface area (TPSA) is 14.1 Å². The van der Waals surface area contributed by atoms with E-state index in [0.29, 0.717) is 0 Å². The lowest BCUT2D eigenvalue weighted by molar-refractivity contribution is -0.378. The van der Waals surface area contributed by atoms with E-state index in [0.717, 1.165) is 0 Å². The van der Waals surface area contributed by atoms with E-state index >= 15 is 0 Å². The van der Waals surface area contributed by atoms with Crippen molar-refractivity contribution in [2.45, 2.75) is 142 Å². The second-order valence-corrected chi connectivity index (χ2v) is 9.78. The van der Waals surface area contributed by atoms with Crippen molar-refractivity contribution in [1.82, 2.24) is 0 Å². The summed E-state index contributed by atoms with van der Waals surface area (Å²) in [6.07, 6.45) is 33.1. The van der Waals surface area contributed by atoms with Gasteiger partial charge in [-0.1, -0.05) is 145 Å². The minimum Gasteiger partial charge on any atom is -0.218 e. The van der Waals surface area contributed by atoms with Crippen LogP contribution in [0, 0.1) is 6.92 Å². The van der Waals surface area contributed by atoms with E-state index < -0.39 is 0 Å². The van der Waals surface area contributed by atoms with Crippen LogP contribution in [0.25, 0.3) is 0 Å². The molecule has 1 rings (SSSR count). The quantitative estimate of drug-likeness (QED) is 0.129. The second-order valence-electron chi connectivity index (χ2n) is 8.98. The molecule has 0 amide bonds. The first-order valence-corrected chi connectivity index (χ1v) is 14.4. The highest BCUT2D eigenvalue weighted by atomic mass is 79.9. The molecule has 1 aromatic heterocycles. The Bertz CT molecular complexity index is 386. The maximum absolute atomic E-state index is 3.50. The molecule has 2 heteroatoms. The molecule has 0 aliphatic rings. The van der Waals surface area contributed by atoms with Gasteiger partial charge in [0.15, 0.2) is 12.4 Å². The molecule has 0 unspecified atom stereocenters. The fourth-order valence-electron chi connectivity index (χ4n) is 3.82. The van der Waals surface area contributed by atoms with Gasteiger partial charge in [-0.25, -0.2) is 4.98 Å². The summed E-state index contributed by atoms with van der Waals surface area (Å²) in [5.41, 5.74) is 1.29. The molecule has 0 atom stereocenters. The van der Waals surface area contributed by atoms with E-state index in [1.807, 2.05) is 24.5 Å². The van der Waals surface area contributed by atoms with Crippen molar-refractivity contribution in [1.29, 1.82) is 0 Å². The molecule has 1 aromatic rings. The Labute approximate surface area is 198 Å². The van der Waals surface area contributed by atoms with Crippen LogP contribution in [0.15, 0.2) is 24.5 Å². The van der Waals surface area contributed by atoms with Crippen molar-refractivity contribution >= 4 is 15.9 Å². The summed E-state index contributed by atoms with van der Waals surface area (Å²) in [4.78, 5) is 2.93. The number of aromatic nitrogens is 1. The Morgan fingerprint density at radius 1 is 0.533 bits per heavy atom. The summed E-state index contributed by atoms with van der Waals surface area (Å²) in [6.45, 7) is 4.36. The van der Waals surface area contributed by atoms with E-state index in [4.69, 9.17) is 0 Å². The predicted molar refractivity (Wildman–Crippen MR) is 140 cm³/mol. The van der Waals surface area contributed by atoms with Crippen molar-refractivity contribution in [3.63, 3.8) is 0 Å². The number of pyridine rings is 1. The lowest BCUT2D eigenvalue weighted by atomic mass is 10.0. The molecule has 1 heterocycles. The first kappa shape index (κ1) is 29.6. The highest BCUT2D eigenvalue weighted by molar-refractivity contribution is 9.09. The van der Waals surface area contributed by atoms with Gasteiger partial charge in [-0.2, -0.15) is 0 Å². The molecule has 0 bridgehead atoms. The third kappa shape index (κ3) is 25.7. The average molecular weight is 484 g/mol. The number of nitrogens with one attached hydrogen (secondary N) is 1. The van der Waals surface area contributed by atoms with Gasteiger partial charge in [0.25, 0.3) is 0 Å². The fourth-order valence-corrected chi connectivity index (χ4v) is 4.22. The molecule has 1 N–H and O–H groups in total. The molecule has 30 heavy (non-hydrogen) atoms. The SMILES string of the molecule is CCCCCCCCCCCCCCCCCCCCCCBr.Cc1cc[nH+]cc1. The molecule has 0 saturated carbocycles. The van der Waals surface area contributed by atoms with Gasteiger partial charge in [-0.15, -0.1) is 0 Å². The highest BCUT2D eigenvalue weighted by Crippen LogP contribution is 2.14. The Morgan fingerprint density at radius 3 is 1.07 bits per heavy atom. The van der Waals surface area contributed by atoms with Crippen LogP contribution in [0.4, 0.5) is 0 Å². The van der Waals surface area contributed by atoms with E-state index in [2.05, 4.69) is 34.8 Å². The van der Waals surface area contributed by atoms with Gasteiger partial charge in [0.05, 0.1) is 0 Å². The van der Waals surface area contributed by atoms with E-state index in [1.165, 1.54) is 139 Å². The standard InChI is InChI=1S/C22H45Br.C6H7N/c1-2-3-4-5-6-7-8-9-10-11-12-13-14-15-16-17-18-19-20-21-22-23;1-6-2-4-7-5-3-6/h2-22H2,1H3;2-5H,1H3/p+1. The largest absolute Gasteiger partial charge is 0.218 e. The smallest absolute Gasteiger partial charge is 0.167 e. The zero-order chi connectivity index (χ0) is 22.0. The van der Waals surface area contributed by atoms with E-state index in [1.54, 1.807) is 0 Å². The summed E-state index contributed by atoms with van der Waals surface area (Å²) in [5, 5.41) is 1.19. The molecular formula is C28H53BrN+.